The van der Waals surface area contributed by atoms with Gasteiger partial charge in [-0.1, -0.05) is 12.1 Å². The van der Waals surface area contributed by atoms with Crippen molar-refractivity contribution >= 4 is 41.1 Å². The number of fused-ring (bicyclic) bond motifs is 1. The molecule has 120 valence electrons. The standard InChI is InChI=1S/C10H8O9S3/c11-20(12,13)7-4-5-9(22(17,18)19)10-6(7)2-1-3-8(10)21(14,15)16/h1-5H,(H,11,12,13)(H,14,15,16)(H,17,18,19). The molecular weight excluding hydrogens is 360 g/mol. The highest BCUT2D eigenvalue weighted by atomic mass is 32.2. The van der Waals surface area contributed by atoms with Gasteiger partial charge in [-0.3, -0.25) is 13.7 Å². The second-order valence-electron chi connectivity index (χ2n) is 4.17. The number of hydrogen-bond acceptors (Lipinski definition) is 6. The highest BCUT2D eigenvalue weighted by molar-refractivity contribution is 7.87. The fraction of sp³-hybridized carbons (Fsp3) is 0. The van der Waals surface area contributed by atoms with Gasteiger partial charge in [-0.2, -0.15) is 25.3 Å². The molecule has 0 saturated heterocycles. The van der Waals surface area contributed by atoms with Crippen LogP contribution in [0.4, 0.5) is 0 Å². The van der Waals surface area contributed by atoms with Crippen molar-refractivity contribution in [1.82, 2.24) is 0 Å². The molecule has 0 bridgehead atoms. The van der Waals surface area contributed by atoms with E-state index in [1.165, 1.54) is 0 Å². The van der Waals surface area contributed by atoms with Crippen LogP contribution in [-0.4, -0.2) is 38.9 Å². The van der Waals surface area contributed by atoms with Crippen LogP contribution in [0, 0.1) is 0 Å². The zero-order chi connectivity index (χ0) is 16.9. The molecule has 2 aromatic carbocycles. The van der Waals surface area contributed by atoms with E-state index in [4.69, 9.17) is 13.7 Å². The molecule has 0 aliphatic rings. The van der Waals surface area contributed by atoms with Crippen LogP contribution in [0.1, 0.15) is 0 Å². The van der Waals surface area contributed by atoms with Gasteiger partial charge >= 0.3 is 0 Å². The van der Waals surface area contributed by atoms with E-state index in [0.717, 1.165) is 18.2 Å². The molecule has 0 aliphatic heterocycles. The molecule has 2 rings (SSSR count). The molecule has 0 heterocycles. The Kier molecular flexibility index (Phi) is 3.80. The average molecular weight is 368 g/mol. The second-order valence-corrected chi connectivity index (χ2v) is 8.34. The summed E-state index contributed by atoms with van der Waals surface area (Å²) in [5.41, 5.74) is 0. The Balaban J connectivity index is 3.23. The summed E-state index contributed by atoms with van der Waals surface area (Å²) < 4.78 is 95.4. The lowest BCUT2D eigenvalue weighted by Gasteiger charge is -2.10. The largest absolute Gasteiger partial charge is 0.295 e. The minimum absolute atomic E-state index is 0.493. The van der Waals surface area contributed by atoms with E-state index in [1.54, 1.807) is 0 Å². The van der Waals surface area contributed by atoms with E-state index in [-0.39, 0.29) is 0 Å². The fourth-order valence-electron chi connectivity index (χ4n) is 1.97. The van der Waals surface area contributed by atoms with Crippen LogP contribution in [0.15, 0.2) is 45.0 Å². The molecule has 3 N–H and O–H groups in total. The quantitative estimate of drug-likeness (QED) is 0.657. The van der Waals surface area contributed by atoms with Crippen molar-refractivity contribution in [3.05, 3.63) is 30.3 Å². The van der Waals surface area contributed by atoms with Gasteiger partial charge in [0.05, 0.1) is 0 Å². The van der Waals surface area contributed by atoms with Crippen LogP contribution in [0.5, 0.6) is 0 Å². The molecule has 0 radical (unpaired) electrons. The van der Waals surface area contributed by atoms with Crippen LogP contribution in [0.2, 0.25) is 0 Å². The SMILES string of the molecule is O=S(=O)(O)c1ccc(S(=O)(=O)O)c2c(S(=O)(=O)O)cccc12. The summed E-state index contributed by atoms with van der Waals surface area (Å²) in [5, 5.41) is -1.24. The Morgan fingerprint density at radius 2 is 1.00 bits per heavy atom. The van der Waals surface area contributed by atoms with Crippen molar-refractivity contribution in [2.45, 2.75) is 14.7 Å². The van der Waals surface area contributed by atoms with E-state index < -0.39 is 55.8 Å². The van der Waals surface area contributed by atoms with Crippen LogP contribution in [0.3, 0.4) is 0 Å². The summed E-state index contributed by atoms with van der Waals surface area (Å²) in [6.07, 6.45) is 0. The zero-order valence-corrected chi connectivity index (χ0v) is 12.9. The molecular formula is C10H8O9S3. The monoisotopic (exact) mass is 368 g/mol. The molecule has 22 heavy (non-hydrogen) atoms. The van der Waals surface area contributed by atoms with E-state index >= 15 is 0 Å². The average Bonchev–Trinajstić information content (AvgIpc) is 2.33. The summed E-state index contributed by atoms with van der Waals surface area (Å²) in [4.78, 5) is -2.63. The maximum Gasteiger partial charge on any atom is 0.295 e. The van der Waals surface area contributed by atoms with E-state index in [2.05, 4.69) is 0 Å². The van der Waals surface area contributed by atoms with Crippen LogP contribution in [0.25, 0.3) is 10.8 Å². The topological polar surface area (TPSA) is 163 Å². The van der Waals surface area contributed by atoms with Gasteiger partial charge < -0.3 is 0 Å². The Bertz CT molecular complexity index is 1040. The van der Waals surface area contributed by atoms with Crippen LogP contribution >= 0.6 is 0 Å². The molecule has 9 nitrogen and oxygen atoms in total. The Morgan fingerprint density at radius 3 is 1.45 bits per heavy atom. The van der Waals surface area contributed by atoms with E-state index in [0.29, 0.717) is 12.1 Å². The summed E-state index contributed by atoms with van der Waals surface area (Å²) >= 11 is 0. The molecule has 0 spiro atoms. The minimum Gasteiger partial charge on any atom is -0.282 e. The van der Waals surface area contributed by atoms with Gasteiger partial charge in [-0.25, -0.2) is 0 Å². The van der Waals surface area contributed by atoms with Crippen molar-refractivity contribution in [3.8, 4) is 0 Å². The van der Waals surface area contributed by atoms with Crippen molar-refractivity contribution in [1.29, 1.82) is 0 Å². The third-order valence-electron chi connectivity index (χ3n) is 2.76. The Hall–Kier alpha value is -1.57. The van der Waals surface area contributed by atoms with Gasteiger partial charge in [-0.15, -0.1) is 0 Å². The molecule has 0 fully saturated rings. The zero-order valence-electron chi connectivity index (χ0n) is 10.4. The molecule has 0 aromatic heterocycles. The van der Waals surface area contributed by atoms with Gasteiger partial charge in [0.2, 0.25) is 0 Å². The van der Waals surface area contributed by atoms with Crippen molar-refractivity contribution in [2.75, 3.05) is 0 Å². The molecule has 0 aliphatic carbocycles. The first-order valence-corrected chi connectivity index (χ1v) is 9.63. The van der Waals surface area contributed by atoms with Crippen LogP contribution < -0.4 is 0 Å². The number of rotatable bonds is 3. The first-order chi connectivity index (χ1) is 9.83. The lowest BCUT2D eigenvalue weighted by Crippen LogP contribution is -2.07. The summed E-state index contributed by atoms with van der Waals surface area (Å²) in [6.45, 7) is 0. The van der Waals surface area contributed by atoms with Crippen molar-refractivity contribution in [3.63, 3.8) is 0 Å². The Morgan fingerprint density at radius 1 is 0.591 bits per heavy atom. The molecule has 0 unspecified atom stereocenters. The van der Waals surface area contributed by atoms with Gasteiger partial charge in [0.25, 0.3) is 30.4 Å². The lowest BCUT2D eigenvalue weighted by molar-refractivity contribution is 0.478. The molecule has 0 amide bonds. The van der Waals surface area contributed by atoms with Gasteiger partial charge in [0, 0.05) is 10.8 Å². The number of hydrogen-bond donors (Lipinski definition) is 3. The molecule has 2 aromatic rings. The third kappa shape index (κ3) is 2.97. The van der Waals surface area contributed by atoms with Gasteiger partial charge in [-0.05, 0) is 18.2 Å². The normalized spacial score (nSPS) is 13.4. The lowest BCUT2D eigenvalue weighted by atomic mass is 10.1. The predicted octanol–water partition coefficient (Wildman–Crippen LogP) is 0.580. The summed E-state index contributed by atoms with van der Waals surface area (Å²) in [6, 6.07) is 4.17. The predicted molar refractivity (Wildman–Crippen MR) is 73.4 cm³/mol. The maximum absolute atomic E-state index is 11.4. The van der Waals surface area contributed by atoms with E-state index in [1.807, 2.05) is 0 Å². The first kappa shape index (κ1) is 16.8. The van der Waals surface area contributed by atoms with Gasteiger partial charge in [0.1, 0.15) is 14.7 Å². The summed E-state index contributed by atoms with van der Waals surface area (Å²) in [7, 11) is -14.7. The highest BCUT2D eigenvalue weighted by Gasteiger charge is 2.26. The maximum atomic E-state index is 11.4. The summed E-state index contributed by atoms with van der Waals surface area (Å²) in [5.74, 6) is 0. The van der Waals surface area contributed by atoms with Crippen molar-refractivity contribution in [2.24, 2.45) is 0 Å². The second kappa shape index (κ2) is 4.97. The number of benzene rings is 2. The van der Waals surface area contributed by atoms with E-state index in [9.17, 15) is 25.3 Å². The first-order valence-electron chi connectivity index (χ1n) is 5.31. The van der Waals surface area contributed by atoms with Gasteiger partial charge in [0.15, 0.2) is 0 Å². The smallest absolute Gasteiger partial charge is 0.282 e. The Labute approximate surface area is 125 Å². The fourth-order valence-corrected chi connectivity index (χ4v) is 4.17. The molecule has 12 heteroatoms. The highest BCUT2D eigenvalue weighted by Crippen LogP contribution is 2.33. The third-order valence-corrected chi connectivity index (χ3v) is 5.46. The minimum atomic E-state index is -4.93. The van der Waals surface area contributed by atoms with Crippen molar-refractivity contribution < 1.29 is 38.9 Å². The van der Waals surface area contributed by atoms with Crippen LogP contribution in [-0.2, 0) is 30.4 Å². The molecule has 0 saturated carbocycles. The molecule has 0 atom stereocenters.